The van der Waals surface area contributed by atoms with E-state index < -0.39 is 0 Å². The number of nitrogens with one attached hydrogen (secondary N) is 1. The molecule has 0 atom stereocenters. The zero-order valence-electron chi connectivity index (χ0n) is 13.0. The highest BCUT2D eigenvalue weighted by atomic mass is 16.5. The molecule has 0 spiro atoms. The molecule has 1 aromatic carbocycles. The number of hydrogen-bond acceptors (Lipinski definition) is 3. The third-order valence-corrected chi connectivity index (χ3v) is 3.82. The Morgan fingerprint density at radius 1 is 1.38 bits per heavy atom. The molecule has 0 aliphatic carbocycles. The van der Waals surface area contributed by atoms with Crippen molar-refractivity contribution in [3.05, 3.63) is 41.5 Å². The molecule has 1 aliphatic rings. The molecule has 21 heavy (non-hydrogen) atoms. The minimum absolute atomic E-state index is 0.395. The maximum Gasteiger partial charge on any atom is 0.121 e. The largest absolute Gasteiger partial charge is 0.494 e. The fraction of sp³-hybridized carbons (Fsp3) is 0.471. The summed E-state index contributed by atoms with van der Waals surface area (Å²) >= 11 is 0. The van der Waals surface area contributed by atoms with E-state index in [4.69, 9.17) is 9.72 Å². The summed E-state index contributed by atoms with van der Waals surface area (Å²) in [5.74, 6) is 2.45. The van der Waals surface area contributed by atoms with Crippen molar-refractivity contribution in [1.82, 2.24) is 14.9 Å². The quantitative estimate of drug-likeness (QED) is 0.938. The average Bonchev–Trinajstić information content (AvgIpc) is 2.87. The molecular weight excluding hydrogens is 262 g/mol. The predicted molar refractivity (Wildman–Crippen MR) is 84.2 cm³/mol. The van der Waals surface area contributed by atoms with E-state index in [1.165, 1.54) is 11.4 Å². The SMILES string of the molecule is CCOc1cccc(-n2c(C(C)C)nc3c2CCNC3)c1. The van der Waals surface area contributed by atoms with Gasteiger partial charge in [-0.2, -0.15) is 0 Å². The molecule has 0 fully saturated rings. The van der Waals surface area contributed by atoms with Gasteiger partial charge in [-0.15, -0.1) is 0 Å². The van der Waals surface area contributed by atoms with Crippen molar-refractivity contribution >= 4 is 0 Å². The smallest absolute Gasteiger partial charge is 0.121 e. The third-order valence-electron chi connectivity index (χ3n) is 3.82. The van der Waals surface area contributed by atoms with Crippen LogP contribution in [0.15, 0.2) is 24.3 Å². The molecule has 0 amide bonds. The Labute approximate surface area is 126 Å². The average molecular weight is 285 g/mol. The highest BCUT2D eigenvalue weighted by Gasteiger charge is 2.22. The number of nitrogens with zero attached hydrogens (tertiary/aromatic N) is 2. The lowest BCUT2D eigenvalue weighted by Gasteiger charge is -2.18. The van der Waals surface area contributed by atoms with Crippen LogP contribution in [0.1, 0.15) is 43.9 Å². The van der Waals surface area contributed by atoms with Gasteiger partial charge in [-0.05, 0) is 19.1 Å². The number of benzene rings is 1. The van der Waals surface area contributed by atoms with Gasteiger partial charge in [0.25, 0.3) is 0 Å². The first-order chi connectivity index (χ1) is 10.2. The molecule has 0 saturated carbocycles. The maximum atomic E-state index is 5.64. The molecule has 1 aromatic heterocycles. The molecular formula is C17H23N3O. The van der Waals surface area contributed by atoms with Crippen LogP contribution in [-0.4, -0.2) is 22.7 Å². The Morgan fingerprint density at radius 3 is 3.00 bits per heavy atom. The zero-order chi connectivity index (χ0) is 14.8. The van der Waals surface area contributed by atoms with Crippen LogP contribution >= 0.6 is 0 Å². The normalized spacial score (nSPS) is 14.3. The minimum atomic E-state index is 0.395. The first kappa shape index (κ1) is 14.1. The van der Waals surface area contributed by atoms with Gasteiger partial charge in [0.15, 0.2) is 0 Å². The summed E-state index contributed by atoms with van der Waals surface area (Å²) in [5, 5.41) is 3.40. The summed E-state index contributed by atoms with van der Waals surface area (Å²) in [6, 6.07) is 8.31. The Kier molecular flexibility index (Phi) is 3.97. The van der Waals surface area contributed by atoms with Crippen LogP contribution in [0, 0.1) is 0 Å². The second kappa shape index (κ2) is 5.90. The summed E-state index contributed by atoms with van der Waals surface area (Å²) in [6.07, 6.45) is 1.02. The standard InChI is InChI=1S/C17H23N3O/c1-4-21-14-7-5-6-13(10-14)20-16-8-9-18-11-15(16)19-17(20)12(2)3/h5-7,10,12,18H,4,8-9,11H2,1-3H3. The predicted octanol–water partition coefficient (Wildman–Crippen LogP) is 3.04. The summed E-state index contributed by atoms with van der Waals surface area (Å²) < 4.78 is 7.97. The summed E-state index contributed by atoms with van der Waals surface area (Å²) in [4.78, 5) is 4.86. The molecule has 1 N–H and O–H groups in total. The molecule has 2 heterocycles. The monoisotopic (exact) mass is 285 g/mol. The number of hydrogen-bond donors (Lipinski definition) is 1. The van der Waals surface area contributed by atoms with Crippen molar-refractivity contribution in [3.63, 3.8) is 0 Å². The van der Waals surface area contributed by atoms with Gasteiger partial charge in [0.1, 0.15) is 11.6 Å². The minimum Gasteiger partial charge on any atom is -0.494 e. The number of fused-ring (bicyclic) bond motifs is 1. The topological polar surface area (TPSA) is 39.1 Å². The van der Waals surface area contributed by atoms with Crippen LogP contribution in [0.3, 0.4) is 0 Å². The van der Waals surface area contributed by atoms with E-state index in [9.17, 15) is 0 Å². The molecule has 0 bridgehead atoms. The Balaban J connectivity index is 2.12. The molecule has 4 heteroatoms. The fourth-order valence-corrected chi connectivity index (χ4v) is 2.89. The van der Waals surface area contributed by atoms with Gasteiger partial charge < -0.3 is 10.1 Å². The molecule has 4 nitrogen and oxygen atoms in total. The summed E-state index contributed by atoms with van der Waals surface area (Å²) in [6.45, 7) is 8.98. The van der Waals surface area contributed by atoms with Gasteiger partial charge in [0.2, 0.25) is 0 Å². The van der Waals surface area contributed by atoms with Crippen LogP contribution < -0.4 is 10.1 Å². The van der Waals surface area contributed by atoms with Crippen molar-refractivity contribution in [1.29, 1.82) is 0 Å². The maximum absolute atomic E-state index is 5.64. The lowest BCUT2D eigenvalue weighted by atomic mass is 10.1. The van der Waals surface area contributed by atoms with Crippen LogP contribution in [0.25, 0.3) is 5.69 Å². The third kappa shape index (κ3) is 2.68. The lowest BCUT2D eigenvalue weighted by molar-refractivity contribution is 0.340. The molecule has 3 rings (SSSR count). The van der Waals surface area contributed by atoms with Crippen molar-refractivity contribution in [2.45, 2.75) is 39.7 Å². The second-order valence-electron chi connectivity index (χ2n) is 5.71. The highest BCUT2D eigenvalue weighted by molar-refractivity contribution is 5.43. The van der Waals surface area contributed by atoms with E-state index in [0.29, 0.717) is 12.5 Å². The van der Waals surface area contributed by atoms with Crippen molar-refractivity contribution < 1.29 is 4.74 Å². The fourth-order valence-electron chi connectivity index (χ4n) is 2.89. The number of rotatable bonds is 4. The van der Waals surface area contributed by atoms with Gasteiger partial charge in [-0.25, -0.2) is 4.98 Å². The first-order valence-electron chi connectivity index (χ1n) is 7.75. The Morgan fingerprint density at radius 2 is 2.24 bits per heavy atom. The van der Waals surface area contributed by atoms with Crippen LogP contribution in [0.2, 0.25) is 0 Å². The lowest BCUT2D eigenvalue weighted by Crippen LogP contribution is -2.24. The second-order valence-corrected chi connectivity index (χ2v) is 5.71. The van der Waals surface area contributed by atoms with E-state index in [2.05, 4.69) is 41.9 Å². The molecule has 0 unspecified atom stereocenters. The molecule has 112 valence electrons. The van der Waals surface area contributed by atoms with Crippen molar-refractivity contribution in [2.75, 3.05) is 13.2 Å². The zero-order valence-corrected chi connectivity index (χ0v) is 13.0. The van der Waals surface area contributed by atoms with Crippen LogP contribution in [-0.2, 0) is 13.0 Å². The van der Waals surface area contributed by atoms with E-state index >= 15 is 0 Å². The molecule has 0 radical (unpaired) electrons. The summed E-state index contributed by atoms with van der Waals surface area (Å²) in [5.41, 5.74) is 3.68. The van der Waals surface area contributed by atoms with E-state index in [1.54, 1.807) is 0 Å². The van der Waals surface area contributed by atoms with Gasteiger partial charge in [-0.1, -0.05) is 19.9 Å². The van der Waals surface area contributed by atoms with E-state index in [-0.39, 0.29) is 0 Å². The van der Waals surface area contributed by atoms with Crippen molar-refractivity contribution in [2.24, 2.45) is 0 Å². The van der Waals surface area contributed by atoms with Crippen molar-refractivity contribution in [3.8, 4) is 11.4 Å². The number of aromatic nitrogens is 2. The first-order valence-corrected chi connectivity index (χ1v) is 7.75. The Bertz CT molecular complexity index is 631. The van der Waals surface area contributed by atoms with Gasteiger partial charge in [0, 0.05) is 37.2 Å². The highest BCUT2D eigenvalue weighted by Crippen LogP contribution is 2.27. The van der Waals surface area contributed by atoms with Crippen LogP contribution in [0.4, 0.5) is 0 Å². The van der Waals surface area contributed by atoms with Crippen LogP contribution in [0.5, 0.6) is 5.75 Å². The number of imidazole rings is 1. The Hall–Kier alpha value is -1.81. The van der Waals surface area contributed by atoms with E-state index in [1.807, 2.05) is 13.0 Å². The molecule has 2 aromatic rings. The van der Waals surface area contributed by atoms with Gasteiger partial charge in [-0.3, -0.25) is 4.57 Å². The molecule has 1 aliphatic heterocycles. The molecule has 0 saturated heterocycles. The van der Waals surface area contributed by atoms with Gasteiger partial charge in [0.05, 0.1) is 18.0 Å². The summed E-state index contributed by atoms with van der Waals surface area (Å²) in [7, 11) is 0. The van der Waals surface area contributed by atoms with E-state index in [0.717, 1.165) is 36.8 Å². The van der Waals surface area contributed by atoms with Gasteiger partial charge >= 0.3 is 0 Å². The number of ether oxygens (including phenoxy) is 1.